The van der Waals surface area contributed by atoms with Gasteiger partial charge in [0.05, 0.1) is 29.5 Å². The van der Waals surface area contributed by atoms with Crippen molar-refractivity contribution in [1.82, 2.24) is 19.6 Å². The lowest BCUT2D eigenvalue weighted by Gasteiger charge is -2.34. The first-order valence-electron chi connectivity index (χ1n) is 9.47. The standard InChI is InChI=1S/C20H22Cl2N6O/c1-13-5-6-15(8-17(13)21)28-20(29)19(22)18(10-24-28)25-14-4-3-7-27(11-14)16-9-23-26(2)12-16/h5-6,8-10,12,14,25H,3-4,7,11H2,1-2H3. The second kappa shape index (κ2) is 8.08. The molecular weight excluding hydrogens is 411 g/mol. The van der Waals surface area contributed by atoms with E-state index in [2.05, 4.69) is 20.4 Å². The van der Waals surface area contributed by atoms with Crippen molar-refractivity contribution in [3.05, 3.63) is 62.8 Å². The third-order valence-electron chi connectivity index (χ3n) is 5.16. The molecule has 1 aromatic carbocycles. The topological polar surface area (TPSA) is 68.0 Å². The monoisotopic (exact) mass is 432 g/mol. The van der Waals surface area contributed by atoms with Gasteiger partial charge in [-0.2, -0.15) is 14.9 Å². The lowest BCUT2D eigenvalue weighted by atomic mass is 10.1. The highest BCUT2D eigenvalue weighted by atomic mass is 35.5. The Kier molecular flexibility index (Phi) is 5.52. The molecule has 0 amide bonds. The predicted molar refractivity (Wildman–Crippen MR) is 117 cm³/mol. The largest absolute Gasteiger partial charge is 0.378 e. The second-order valence-electron chi connectivity index (χ2n) is 7.32. The van der Waals surface area contributed by atoms with E-state index in [-0.39, 0.29) is 16.6 Å². The molecule has 152 valence electrons. The molecule has 1 saturated heterocycles. The Morgan fingerprint density at radius 1 is 1.17 bits per heavy atom. The van der Waals surface area contributed by atoms with E-state index >= 15 is 0 Å². The van der Waals surface area contributed by atoms with Gasteiger partial charge < -0.3 is 10.2 Å². The average Bonchev–Trinajstić information content (AvgIpc) is 3.15. The third kappa shape index (κ3) is 4.11. The first-order valence-corrected chi connectivity index (χ1v) is 10.2. The van der Waals surface area contributed by atoms with Gasteiger partial charge >= 0.3 is 0 Å². The van der Waals surface area contributed by atoms with Crippen molar-refractivity contribution in [2.45, 2.75) is 25.8 Å². The summed E-state index contributed by atoms with van der Waals surface area (Å²) in [5.41, 5.74) is 2.78. The molecule has 0 radical (unpaired) electrons. The van der Waals surface area contributed by atoms with Crippen molar-refractivity contribution < 1.29 is 0 Å². The van der Waals surface area contributed by atoms with Crippen LogP contribution in [0.3, 0.4) is 0 Å². The minimum Gasteiger partial charge on any atom is -0.378 e. The molecule has 1 aliphatic heterocycles. The van der Waals surface area contributed by atoms with Gasteiger partial charge in [0.2, 0.25) is 0 Å². The Morgan fingerprint density at radius 3 is 2.72 bits per heavy atom. The van der Waals surface area contributed by atoms with Gasteiger partial charge in [0.25, 0.3) is 5.56 Å². The highest BCUT2D eigenvalue weighted by Gasteiger charge is 2.22. The van der Waals surface area contributed by atoms with E-state index in [4.69, 9.17) is 23.2 Å². The zero-order chi connectivity index (χ0) is 20.5. The normalized spacial score (nSPS) is 16.8. The summed E-state index contributed by atoms with van der Waals surface area (Å²) < 4.78 is 3.06. The number of rotatable bonds is 4. The lowest BCUT2D eigenvalue weighted by molar-refractivity contribution is 0.529. The molecule has 0 spiro atoms. The van der Waals surface area contributed by atoms with E-state index in [0.717, 1.165) is 37.2 Å². The van der Waals surface area contributed by atoms with Crippen LogP contribution in [0.2, 0.25) is 10.0 Å². The minimum atomic E-state index is -0.378. The molecule has 9 heteroatoms. The van der Waals surface area contributed by atoms with Crippen molar-refractivity contribution in [2.24, 2.45) is 7.05 Å². The maximum atomic E-state index is 12.8. The Morgan fingerprint density at radius 2 is 2.00 bits per heavy atom. The van der Waals surface area contributed by atoms with Crippen LogP contribution in [-0.4, -0.2) is 38.7 Å². The fraction of sp³-hybridized carbons (Fsp3) is 0.350. The first kappa shape index (κ1) is 19.8. The summed E-state index contributed by atoms with van der Waals surface area (Å²) in [6, 6.07) is 5.52. The molecule has 0 bridgehead atoms. The van der Waals surface area contributed by atoms with Crippen LogP contribution in [0.1, 0.15) is 18.4 Å². The summed E-state index contributed by atoms with van der Waals surface area (Å²) in [6.45, 7) is 3.69. The predicted octanol–water partition coefficient (Wildman–Crippen LogP) is 3.66. The number of nitrogens with one attached hydrogen (secondary N) is 1. The van der Waals surface area contributed by atoms with Gasteiger partial charge in [-0.25, -0.2) is 0 Å². The Hall–Kier alpha value is -2.51. The van der Waals surface area contributed by atoms with Crippen molar-refractivity contribution in [2.75, 3.05) is 23.3 Å². The Balaban J connectivity index is 1.54. The number of benzene rings is 1. The fourth-order valence-corrected chi connectivity index (χ4v) is 3.91. The van der Waals surface area contributed by atoms with Crippen LogP contribution < -0.4 is 15.8 Å². The summed E-state index contributed by atoms with van der Waals surface area (Å²) in [5.74, 6) is 0. The quantitative estimate of drug-likeness (QED) is 0.680. The van der Waals surface area contributed by atoms with Gasteiger partial charge in [0.1, 0.15) is 5.02 Å². The van der Waals surface area contributed by atoms with Crippen molar-refractivity contribution in [3.8, 4) is 5.69 Å². The molecule has 1 unspecified atom stereocenters. The number of aryl methyl sites for hydroxylation is 2. The van der Waals surface area contributed by atoms with Gasteiger partial charge in [-0.3, -0.25) is 9.48 Å². The van der Waals surface area contributed by atoms with Gasteiger partial charge in [-0.05, 0) is 37.5 Å². The first-order chi connectivity index (χ1) is 13.9. The molecule has 0 saturated carbocycles. The molecule has 0 aliphatic carbocycles. The number of hydrogen-bond donors (Lipinski definition) is 1. The molecule has 1 aliphatic rings. The molecule has 29 heavy (non-hydrogen) atoms. The number of hydrogen-bond acceptors (Lipinski definition) is 5. The van der Waals surface area contributed by atoms with Crippen molar-refractivity contribution >= 4 is 34.6 Å². The molecule has 2 aromatic heterocycles. The molecule has 1 N–H and O–H groups in total. The second-order valence-corrected chi connectivity index (χ2v) is 8.11. The van der Waals surface area contributed by atoms with Gasteiger partial charge in [-0.15, -0.1) is 0 Å². The third-order valence-corrected chi connectivity index (χ3v) is 5.93. The van der Waals surface area contributed by atoms with Gasteiger partial charge in [-0.1, -0.05) is 29.3 Å². The van der Waals surface area contributed by atoms with Crippen LogP contribution in [0.4, 0.5) is 11.4 Å². The average molecular weight is 433 g/mol. The van der Waals surface area contributed by atoms with Crippen LogP contribution in [0, 0.1) is 6.92 Å². The number of nitrogens with zero attached hydrogens (tertiary/aromatic N) is 5. The number of aromatic nitrogens is 4. The fourth-order valence-electron chi connectivity index (χ4n) is 3.55. The summed E-state index contributed by atoms with van der Waals surface area (Å²) >= 11 is 12.6. The van der Waals surface area contributed by atoms with Gasteiger partial charge in [0, 0.05) is 37.4 Å². The van der Waals surface area contributed by atoms with E-state index in [1.807, 2.05) is 32.4 Å². The maximum Gasteiger partial charge on any atom is 0.292 e. The molecular formula is C20H22Cl2N6O. The Labute approximate surface area is 178 Å². The molecule has 3 aromatic rings. The summed E-state index contributed by atoms with van der Waals surface area (Å²) in [7, 11) is 1.91. The molecule has 4 rings (SSSR count). The van der Waals surface area contributed by atoms with Gasteiger partial charge in [0.15, 0.2) is 0 Å². The van der Waals surface area contributed by atoms with Crippen LogP contribution >= 0.6 is 23.2 Å². The van der Waals surface area contributed by atoms with E-state index in [0.29, 0.717) is 16.4 Å². The SMILES string of the molecule is Cc1ccc(-n2ncc(NC3CCCN(c4cnn(C)c4)C3)c(Cl)c2=O)cc1Cl. The smallest absolute Gasteiger partial charge is 0.292 e. The zero-order valence-corrected chi connectivity index (χ0v) is 17.8. The summed E-state index contributed by atoms with van der Waals surface area (Å²) in [4.78, 5) is 15.1. The minimum absolute atomic E-state index is 0.121. The summed E-state index contributed by atoms with van der Waals surface area (Å²) in [5, 5.41) is 12.6. The highest BCUT2D eigenvalue weighted by molar-refractivity contribution is 6.33. The maximum absolute atomic E-state index is 12.8. The van der Waals surface area contributed by atoms with E-state index in [1.165, 1.54) is 4.68 Å². The van der Waals surface area contributed by atoms with E-state index < -0.39 is 0 Å². The van der Waals surface area contributed by atoms with Crippen LogP contribution in [0.15, 0.2) is 41.6 Å². The van der Waals surface area contributed by atoms with Crippen LogP contribution in [0.5, 0.6) is 0 Å². The Bertz CT molecular complexity index is 1090. The number of anilines is 2. The molecule has 7 nitrogen and oxygen atoms in total. The van der Waals surface area contributed by atoms with Crippen LogP contribution in [0.25, 0.3) is 5.69 Å². The molecule has 1 atom stereocenters. The van der Waals surface area contributed by atoms with E-state index in [1.54, 1.807) is 23.0 Å². The summed E-state index contributed by atoms with van der Waals surface area (Å²) in [6.07, 6.45) is 7.50. The van der Waals surface area contributed by atoms with Crippen LogP contribution in [-0.2, 0) is 7.05 Å². The van der Waals surface area contributed by atoms with Crippen molar-refractivity contribution in [3.63, 3.8) is 0 Å². The zero-order valence-electron chi connectivity index (χ0n) is 16.3. The highest BCUT2D eigenvalue weighted by Crippen LogP contribution is 2.24. The van der Waals surface area contributed by atoms with Crippen molar-refractivity contribution in [1.29, 1.82) is 0 Å². The van der Waals surface area contributed by atoms with E-state index in [9.17, 15) is 4.79 Å². The number of piperidine rings is 1. The molecule has 3 heterocycles. The lowest BCUT2D eigenvalue weighted by Crippen LogP contribution is -2.42. The molecule has 1 fully saturated rings. The number of halogens is 2.